The molecule has 0 aliphatic carbocycles. The van der Waals surface area contributed by atoms with E-state index < -0.39 is 19.1 Å². The van der Waals surface area contributed by atoms with Gasteiger partial charge in [-0.05, 0) is 13.8 Å². The molecule has 0 unspecified atom stereocenters. The fraction of sp³-hybridized carbons (Fsp3) is 0.556. The van der Waals surface area contributed by atoms with Crippen LogP contribution in [0.5, 0.6) is 0 Å². The van der Waals surface area contributed by atoms with Gasteiger partial charge >= 0.3 is 0 Å². The Kier molecular flexibility index (Phi) is 3.52. The highest BCUT2D eigenvalue weighted by atomic mass is 19.3. The van der Waals surface area contributed by atoms with Gasteiger partial charge in [0.2, 0.25) is 0 Å². The minimum Gasteiger partial charge on any atom is -0.390 e. The SMILES string of the molecule is Cc1cnc(C)c(NCC(F)(F)CO)n1. The van der Waals surface area contributed by atoms with Crippen LogP contribution in [0.15, 0.2) is 6.20 Å². The maximum Gasteiger partial charge on any atom is 0.287 e. The molecule has 0 radical (unpaired) electrons. The van der Waals surface area contributed by atoms with E-state index in [1.54, 1.807) is 20.0 Å². The molecule has 0 aliphatic rings. The smallest absolute Gasteiger partial charge is 0.287 e. The molecule has 2 N–H and O–H groups in total. The molecule has 84 valence electrons. The lowest BCUT2D eigenvalue weighted by molar-refractivity contribution is -0.0373. The summed E-state index contributed by atoms with van der Waals surface area (Å²) in [5.41, 5.74) is 1.20. The molecule has 0 bridgehead atoms. The predicted octanol–water partition coefficient (Wildman–Crippen LogP) is 1.13. The Morgan fingerprint density at radius 2 is 2.13 bits per heavy atom. The van der Waals surface area contributed by atoms with Gasteiger partial charge in [0.25, 0.3) is 5.92 Å². The van der Waals surface area contributed by atoms with Crippen LogP contribution >= 0.6 is 0 Å². The maximum absolute atomic E-state index is 12.7. The number of nitrogens with zero attached hydrogens (tertiary/aromatic N) is 2. The molecular weight excluding hydrogens is 204 g/mol. The highest BCUT2D eigenvalue weighted by Crippen LogP contribution is 2.15. The molecule has 0 spiro atoms. The second-order valence-electron chi connectivity index (χ2n) is 3.31. The Labute approximate surface area is 86.4 Å². The van der Waals surface area contributed by atoms with E-state index in [9.17, 15) is 8.78 Å². The van der Waals surface area contributed by atoms with Crippen LogP contribution in [0.3, 0.4) is 0 Å². The minimum atomic E-state index is -3.14. The summed E-state index contributed by atoms with van der Waals surface area (Å²) in [5.74, 6) is -2.82. The Bertz CT molecular complexity index is 344. The zero-order chi connectivity index (χ0) is 11.5. The van der Waals surface area contributed by atoms with Crippen LogP contribution < -0.4 is 5.32 Å². The van der Waals surface area contributed by atoms with Crippen molar-refractivity contribution in [2.24, 2.45) is 0 Å². The van der Waals surface area contributed by atoms with Gasteiger partial charge in [-0.1, -0.05) is 0 Å². The molecule has 15 heavy (non-hydrogen) atoms. The molecule has 1 aromatic rings. The first-order valence-electron chi connectivity index (χ1n) is 4.47. The summed E-state index contributed by atoms with van der Waals surface area (Å²) >= 11 is 0. The first-order chi connectivity index (χ1) is 6.94. The van der Waals surface area contributed by atoms with Gasteiger partial charge < -0.3 is 10.4 Å². The number of hydrogen-bond acceptors (Lipinski definition) is 4. The summed E-state index contributed by atoms with van der Waals surface area (Å²) < 4.78 is 25.4. The molecule has 0 aliphatic heterocycles. The van der Waals surface area contributed by atoms with Crippen LogP contribution in [0.2, 0.25) is 0 Å². The van der Waals surface area contributed by atoms with Crippen molar-refractivity contribution in [3.05, 3.63) is 17.6 Å². The molecule has 0 saturated carbocycles. The van der Waals surface area contributed by atoms with Gasteiger partial charge in [0.1, 0.15) is 12.4 Å². The van der Waals surface area contributed by atoms with Crippen LogP contribution in [-0.2, 0) is 0 Å². The molecule has 1 rings (SSSR count). The summed E-state index contributed by atoms with van der Waals surface area (Å²) in [6.07, 6.45) is 1.56. The number of aryl methyl sites for hydroxylation is 2. The largest absolute Gasteiger partial charge is 0.390 e. The summed E-state index contributed by atoms with van der Waals surface area (Å²) in [6, 6.07) is 0. The van der Waals surface area contributed by atoms with Gasteiger partial charge in [0.05, 0.1) is 17.9 Å². The third-order valence-electron chi connectivity index (χ3n) is 1.82. The molecule has 6 heteroatoms. The molecule has 4 nitrogen and oxygen atoms in total. The van der Waals surface area contributed by atoms with Gasteiger partial charge in [-0.25, -0.2) is 13.8 Å². The first kappa shape index (κ1) is 11.8. The van der Waals surface area contributed by atoms with Gasteiger partial charge in [0, 0.05) is 6.20 Å². The zero-order valence-corrected chi connectivity index (χ0v) is 8.59. The Morgan fingerprint density at radius 3 is 2.73 bits per heavy atom. The number of aliphatic hydroxyl groups excluding tert-OH is 1. The topological polar surface area (TPSA) is 58.0 Å². The van der Waals surface area contributed by atoms with Crippen LogP contribution in [0, 0.1) is 13.8 Å². The van der Waals surface area contributed by atoms with Gasteiger partial charge in [-0.2, -0.15) is 0 Å². The number of anilines is 1. The number of halogens is 2. The molecule has 1 aromatic heterocycles. The lowest BCUT2D eigenvalue weighted by Gasteiger charge is -2.15. The molecule has 0 amide bonds. The summed E-state index contributed by atoms with van der Waals surface area (Å²) in [7, 11) is 0. The summed E-state index contributed by atoms with van der Waals surface area (Å²) in [4.78, 5) is 7.99. The average molecular weight is 217 g/mol. The monoisotopic (exact) mass is 217 g/mol. The van der Waals surface area contributed by atoms with Crippen molar-refractivity contribution < 1.29 is 13.9 Å². The van der Waals surface area contributed by atoms with Crippen molar-refractivity contribution >= 4 is 5.82 Å². The molecular formula is C9H13F2N3O. The van der Waals surface area contributed by atoms with Crippen molar-refractivity contribution in [2.75, 3.05) is 18.5 Å². The van der Waals surface area contributed by atoms with Gasteiger partial charge in [-0.15, -0.1) is 0 Å². The molecule has 1 heterocycles. The zero-order valence-electron chi connectivity index (χ0n) is 8.59. The molecule has 0 aromatic carbocycles. The van der Waals surface area contributed by atoms with E-state index in [0.29, 0.717) is 17.2 Å². The summed E-state index contributed by atoms with van der Waals surface area (Å²) in [5, 5.41) is 10.8. The van der Waals surface area contributed by atoms with Gasteiger partial charge in [-0.3, -0.25) is 4.98 Å². The number of hydrogen-bond donors (Lipinski definition) is 2. The predicted molar refractivity (Wildman–Crippen MR) is 52.0 cm³/mol. The van der Waals surface area contributed by atoms with E-state index in [4.69, 9.17) is 5.11 Å². The van der Waals surface area contributed by atoms with Crippen molar-refractivity contribution in [1.82, 2.24) is 9.97 Å². The van der Waals surface area contributed by atoms with Crippen LogP contribution in [0.4, 0.5) is 14.6 Å². The van der Waals surface area contributed by atoms with E-state index in [-0.39, 0.29) is 0 Å². The van der Waals surface area contributed by atoms with Crippen molar-refractivity contribution in [1.29, 1.82) is 0 Å². The van der Waals surface area contributed by atoms with E-state index in [1.165, 1.54) is 0 Å². The van der Waals surface area contributed by atoms with E-state index >= 15 is 0 Å². The highest BCUT2D eigenvalue weighted by molar-refractivity contribution is 5.39. The lowest BCUT2D eigenvalue weighted by atomic mass is 10.3. The maximum atomic E-state index is 12.7. The molecule has 0 fully saturated rings. The minimum absolute atomic E-state index is 0.322. The number of aliphatic hydroxyl groups is 1. The third-order valence-corrected chi connectivity index (χ3v) is 1.82. The van der Waals surface area contributed by atoms with E-state index in [0.717, 1.165) is 0 Å². The van der Waals surface area contributed by atoms with Crippen molar-refractivity contribution in [2.45, 2.75) is 19.8 Å². The second kappa shape index (κ2) is 4.48. The fourth-order valence-corrected chi connectivity index (χ4v) is 0.974. The molecule has 0 atom stereocenters. The average Bonchev–Trinajstić information content (AvgIpc) is 2.20. The normalized spacial score (nSPS) is 11.5. The number of rotatable bonds is 4. The van der Waals surface area contributed by atoms with Crippen LogP contribution in [-0.4, -0.2) is 34.1 Å². The van der Waals surface area contributed by atoms with Crippen molar-refractivity contribution in [3.63, 3.8) is 0 Å². The number of aromatic nitrogens is 2. The van der Waals surface area contributed by atoms with Crippen LogP contribution in [0.25, 0.3) is 0 Å². The Hall–Kier alpha value is -1.30. The van der Waals surface area contributed by atoms with E-state index in [2.05, 4.69) is 15.3 Å². The third kappa shape index (κ3) is 3.39. The van der Waals surface area contributed by atoms with Gasteiger partial charge in [0.15, 0.2) is 0 Å². The number of nitrogens with one attached hydrogen (secondary N) is 1. The quantitative estimate of drug-likeness (QED) is 0.793. The Morgan fingerprint density at radius 1 is 1.47 bits per heavy atom. The second-order valence-corrected chi connectivity index (χ2v) is 3.31. The Balaban J connectivity index is 2.69. The van der Waals surface area contributed by atoms with Crippen molar-refractivity contribution in [3.8, 4) is 0 Å². The summed E-state index contributed by atoms with van der Waals surface area (Å²) in [6.45, 7) is 1.56. The van der Waals surface area contributed by atoms with E-state index in [1.807, 2.05) is 0 Å². The standard InChI is InChI=1S/C9H13F2N3O/c1-6-3-12-7(2)8(14-6)13-4-9(10,11)5-15/h3,15H,4-5H2,1-2H3,(H,13,14). The fourth-order valence-electron chi connectivity index (χ4n) is 0.974. The first-order valence-corrected chi connectivity index (χ1v) is 4.47. The number of alkyl halides is 2. The highest BCUT2D eigenvalue weighted by Gasteiger charge is 2.27. The lowest BCUT2D eigenvalue weighted by Crippen LogP contribution is -2.31. The molecule has 0 saturated heterocycles. The van der Waals surface area contributed by atoms with Crippen LogP contribution in [0.1, 0.15) is 11.4 Å².